The summed E-state index contributed by atoms with van der Waals surface area (Å²) in [7, 11) is 1.97. The van der Waals surface area contributed by atoms with Gasteiger partial charge in [0.25, 0.3) is 0 Å². The predicted octanol–water partition coefficient (Wildman–Crippen LogP) is 2.84. The van der Waals surface area contributed by atoms with Crippen molar-refractivity contribution in [1.82, 2.24) is 9.55 Å². The number of aromatic amines is 1. The van der Waals surface area contributed by atoms with Crippen LogP contribution in [-0.4, -0.2) is 9.55 Å². The van der Waals surface area contributed by atoms with E-state index in [1.807, 2.05) is 11.6 Å². The van der Waals surface area contributed by atoms with E-state index in [2.05, 4.69) is 45.8 Å². The van der Waals surface area contributed by atoms with Crippen molar-refractivity contribution in [3.05, 3.63) is 26.5 Å². The van der Waals surface area contributed by atoms with E-state index in [4.69, 9.17) is 12.2 Å². The van der Waals surface area contributed by atoms with Crippen molar-refractivity contribution >= 4 is 45.8 Å². The Morgan fingerprint density at radius 1 is 1.50 bits per heavy atom. The van der Waals surface area contributed by atoms with Crippen molar-refractivity contribution in [3.8, 4) is 0 Å². The third-order valence-electron chi connectivity index (χ3n) is 1.87. The summed E-state index contributed by atoms with van der Waals surface area (Å²) in [4.78, 5) is 3.14. The smallest absolute Gasteiger partial charge is 0.177 e. The lowest BCUT2D eigenvalue weighted by Crippen LogP contribution is -1.85. The first-order chi connectivity index (χ1) is 5.68. The number of halogens is 1. The molecule has 0 radical (unpaired) electrons. The van der Waals surface area contributed by atoms with Crippen LogP contribution < -0.4 is 0 Å². The Morgan fingerprint density at radius 3 is 3.00 bits per heavy atom. The van der Waals surface area contributed by atoms with E-state index in [9.17, 15) is 0 Å². The van der Waals surface area contributed by atoms with Gasteiger partial charge in [-0.15, -0.1) is 0 Å². The summed E-state index contributed by atoms with van der Waals surface area (Å²) >= 11 is 7.39. The zero-order chi connectivity index (χ0) is 8.72. The maximum absolute atomic E-state index is 5.10. The average molecular weight is 290 g/mol. The van der Waals surface area contributed by atoms with Gasteiger partial charge >= 0.3 is 0 Å². The molecule has 12 heavy (non-hydrogen) atoms. The van der Waals surface area contributed by atoms with Gasteiger partial charge < -0.3 is 9.55 Å². The van der Waals surface area contributed by atoms with E-state index >= 15 is 0 Å². The predicted molar refractivity (Wildman–Crippen MR) is 60.8 cm³/mol. The van der Waals surface area contributed by atoms with Crippen LogP contribution >= 0.6 is 34.8 Å². The molecule has 0 aliphatic heterocycles. The maximum atomic E-state index is 5.10. The summed E-state index contributed by atoms with van der Waals surface area (Å²) < 4.78 is 3.96. The normalized spacial score (nSPS) is 10.8. The first kappa shape index (κ1) is 8.25. The fraction of sp³-hybridized carbons (Fsp3) is 0.125. The minimum atomic E-state index is 0.770. The second-order valence-electron chi connectivity index (χ2n) is 2.65. The van der Waals surface area contributed by atoms with E-state index in [1.54, 1.807) is 0 Å². The number of hydrogen-bond acceptors (Lipinski definition) is 1. The van der Waals surface area contributed by atoms with Crippen LogP contribution in [0.5, 0.6) is 0 Å². The van der Waals surface area contributed by atoms with E-state index in [0.717, 1.165) is 15.8 Å². The second-order valence-corrected chi connectivity index (χ2v) is 4.28. The largest absolute Gasteiger partial charge is 0.331 e. The first-order valence-corrected chi connectivity index (χ1v) is 5.01. The lowest BCUT2D eigenvalue weighted by Gasteiger charge is -1.93. The Bertz CT molecular complexity index is 483. The Morgan fingerprint density at radius 2 is 2.25 bits per heavy atom. The van der Waals surface area contributed by atoms with E-state index in [1.165, 1.54) is 3.57 Å². The van der Waals surface area contributed by atoms with Crippen molar-refractivity contribution in [2.75, 3.05) is 0 Å². The molecular formula is C8H7IN2S. The van der Waals surface area contributed by atoms with E-state index < -0.39 is 0 Å². The van der Waals surface area contributed by atoms with Crippen molar-refractivity contribution in [3.63, 3.8) is 0 Å². The summed E-state index contributed by atoms with van der Waals surface area (Å²) in [6.45, 7) is 0. The zero-order valence-corrected chi connectivity index (χ0v) is 9.44. The van der Waals surface area contributed by atoms with Crippen LogP contribution in [0.1, 0.15) is 0 Å². The molecule has 0 saturated heterocycles. The van der Waals surface area contributed by atoms with Crippen LogP contribution in [-0.2, 0) is 7.05 Å². The number of hydrogen-bond donors (Lipinski definition) is 1. The molecule has 62 valence electrons. The van der Waals surface area contributed by atoms with Crippen molar-refractivity contribution < 1.29 is 0 Å². The first-order valence-electron chi connectivity index (χ1n) is 3.53. The molecule has 1 aromatic heterocycles. The second kappa shape index (κ2) is 2.85. The van der Waals surface area contributed by atoms with Crippen LogP contribution in [0, 0.1) is 8.34 Å². The van der Waals surface area contributed by atoms with Crippen molar-refractivity contribution in [1.29, 1.82) is 0 Å². The molecule has 0 fully saturated rings. The molecule has 0 aliphatic rings. The molecule has 0 amide bonds. The summed E-state index contributed by atoms with van der Waals surface area (Å²) in [6.07, 6.45) is 0. The van der Waals surface area contributed by atoms with Crippen LogP contribution in [0.4, 0.5) is 0 Å². The van der Waals surface area contributed by atoms with Gasteiger partial charge in [-0.2, -0.15) is 0 Å². The van der Waals surface area contributed by atoms with Gasteiger partial charge in [-0.25, -0.2) is 0 Å². The van der Waals surface area contributed by atoms with Crippen LogP contribution in [0.3, 0.4) is 0 Å². The lowest BCUT2D eigenvalue weighted by atomic mass is 10.3. The third kappa shape index (κ3) is 1.19. The number of imidazole rings is 1. The molecule has 1 N–H and O–H groups in total. The van der Waals surface area contributed by atoms with Crippen LogP contribution in [0.25, 0.3) is 11.0 Å². The molecular weight excluding hydrogens is 283 g/mol. The molecule has 2 nitrogen and oxygen atoms in total. The fourth-order valence-electron chi connectivity index (χ4n) is 1.21. The number of nitrogens with one attached hydrogen (secondary N) is 1. The third-order valence-corrected chi connectivity index (χ3v) is 2.91. The van der Waals surface area contributed by atoms with Crippen molar-refractivity contribution in [2.45, 2.75) is 0 Å². The highest BCUT2D eigenvalue weighted by molar-refractivity contribution is 14.1. The summed E-state index contributed by atoms with van der Waals surface area (Å²) in [5.41, 5.74) is 2.26. The van der Waals surface area contributed by atoms with Gasteiger partial charge in [0.2, 0.25) is 0 Å². The summed E-state index contributed by atoms with van der Waals surface area (Å²) in [6, 6.07) is 6.24. The van der Waals surface area contributed by atoms with Gasteiger partial charge in [0, 0.05) is 10.6 Å². The molecule has 0 unspecified atom stereocenters. The molecule has 4 heteroatoms. The highest BCUT2D eigenvalue weighted by Crippen LogP contribution is 2.15. The standard InChI is InChI=1S/C8H7IN2S/c1-11-7-3-2-5(9)4-6(7)10-8(11)12/h2-4H,1H3,(H,10,12). The SMILES string of the molecule is Cn1c(=S)[nH]c2cc(I)ccc21. The number of rotatable bonds is 0. The molecule has 0 spiro atoms. The number of nitrogens with zero attached hydrogens (tertiary/aromatic N) is 1. The maximum Gasteiger partial charge on any atom is 0.177 e. The lowest BCUT2D eigenvalue weighted by molar-refractivity contribution is 0.927. The van der Waals surface area contributed by atoms with Crippen LogP contribution in [0.2, 0.25) is 0 Å². The monoisotopic (exact) mass is 290 g/mol. The fourth-order valence-corrected chi connectivity index (χ4v) is 1.91. The van der Waals surface area contributed by atoms with Gasteiger partial charge in [0.05, 0.1) is 11.0 Å². The van der Waals surface area contributed by atoms with Gasteiger partial charge in [0.1, 0.15) is 0 Å². The Kier molecular flexibility index (Phi) is 1.96. The van der Waals surface area contributed by atoms with Gasteiger partial charge in [-0.3, -0.25) is 0 Å². The molecule has 1 heterocycles. The number of H-pyrrole nitrogens is 1. The molecule has 0 bridgehead atoms. The average Bonchev–Trinajstić information content (AvgIpc) is 2.28. The van der Waals surface area contributed by atoms with E-state index in [-0.39, 0.29) is 0 Å². The molecule has 0 aliphatic carbocycles. The summed E-state index contributed by atoms with van der Waals surface area (Å²) in [5.74, 6) is 0. The van der Waals surface area contributed by atoms with Crippen molar-refractivity contribution in [2.24, 2.45) is 7.05 Å². The molecule has 0 atom stereocenters. The van der Waals surface area contributed by atoms with Gasteiger partial charge in [-0.05, 0) is 53.0 Å². The Hall–Kier alpha value is -0.360. The number of fused-ring (bicyclic) bond motifs is 1. The number of aromatic nitrogens is 2. The quantitative estimate of drug-likeness (QED) is 0.584. The topological polar surface area (TPSA) is 20.7 Å². The molecule has 1 aromatic carbocycles. The van der Waals surface area contributed by atoms with E-state index in [0.29, 0.717) is 0 Å². The summed E-state index contributed by atoms with van der Waals surface area (Å²) in [5, 5.41) is 0. The Balaban J connectivity index is 2.96. The molecule has 2 aromatic rings. The van der Waals surface area contributed by atoms with Gasteiger partial charge in [0.15, 0.2) is 4.77 Å². The Labute approximate surface area is 88.7 Å². The highest BCUT2D eigenvalue weighted by atomic mass is 127. The highest BCUT2D eigenvalue weighted by Gasteiger charge is 1.99. The minimum absolute atomic E-state index is 0.770. The van der Waals surface area contributed by atoms with Gasteiger partial charge in [-0.1, -0.05) is 0 Å². The zero-order valence-electron chi connectivity index (χ0n) is 6.47. The molecule has 0 saturated carbocycles. The minimum Gasteiger partial charge on any atom is -0.331 e. The molecule has 2 rings (SSSR count). The number of benzene rings is 1. The number of aryl methyl sites for hydroxylation is 1. The van der Waals surface area contributed by atoms with Crippen LogP contribution in [0.15, 0.2) is 18.2 Å².